The van der Waals surface area contributed by atoms with Gasteiger partial charge in [0.2, 0.25) is 5.91 Å². The van der Waals surface area contributed by atoms with Gasteiger partial charge in [-0.25, -0.2) is 4.79 Å². The van der Waals surface area contributed by atoms with Crippen LogP contribution in [0.5, 0.6) is 5.75 Å². The maximum absolute atomic E-state index is 13.2. The largest absolute Gasteiger partial charge is 0.495 e. The lowest BCUT2D eigenvalue weighted by atomic mass is 9.83. The SMILES string of the molecule is COc1cc2oc(=O)c(CC(=O)N3C[C@H]4C[C@@H](C3)c3cccc(=O)n3C4)c(C)c2cc1Cl. The van der Waals surface area contributed by atoms with Crippen LogP contribution in [0.4, 0.5) is 0 Å². The Kier molecular flexibility index (Phi) is 5.08. The monoisotopic (exact) mass is 454 g/mol. The molecule has 2 bridgehead atoms. The van der Waals surface area contributed by atoms with Crippen LogP contribution in [0.15, 0.2) is 44.3 Å². The van der Waals surface area contributed by atoms with E-state index in [1.54, 1.807) is 31.2 Å². The summed E-state index contributed by atoms with van der Waals surface area (Å²) >= 11 is 6.26. The summed E-state index contributed by atoms with van der Waals surface area (Å²) < 4.78 is 12.5. The second-order valence-electron chi connectivity index (χ2n) is 8.65. The van der Waals surface area contributed by atoms with Gasteiger partial charge in [0.1, 0.15) is 11.3 Å². The fraction of sp³-hybridized carbons (Fsp3) is 0.375. The molecule has 5 rings (SSSR count). The highest BCUT2D eigenvalue weighted by Gasteiger charge is 2.36. The van der Waals surface area contributed by atoms with Crippen molar-refractivity contribution in [2.75, 3.05) is 20.2 Å². The molecule has 3 aromatic rings. The van der Waals surface area contributed by atoms with Crippen LogP contribution in [0.2, 0.25) is 5.02 Å². The minimum Gasteiger partial charge on any atom is -0.495 e. The van der Waals surface area contributed by atoms with Gasteiger partial charge in [-0.3, -0.25) is 9.59 Å². The van der Waals surface area contributed by atoms with Gasteiger partial charge in [-0.1, -0.05) is 17.7 Å². The van der Waals surface area contributed by atoms with Gasteiger partial charge in [0.15, 0.2) is 0 Å². The first-order valence-corrected chi connectivity index (χ1v) is 11.0. The van der Waals surface area contributed by atoms with E-state index < -0.39 is 5.63 Å². The summed E-state index contributed by atoms with van der Waals surface area (Å²) in [5, 5.41) is 1.09. The molecule has 2 aromatic heterocycles. The van der Waals surface area contributed by atoms with Gasteiger partial charge in [0.05, 0.1) is 24.1 Å². The molecule has 1 fully saturated rings. The lowest BCUT2D eigenvalue weighted by Crippen LogP contribution is -2.49. The number of aryl methyl sites for hydroxylation is 1. The molecule has 2 atom stereocenters. The third kappa shape index (κ3) is 3.41. The maximum Gasteiger partial charge on any atom is 0.340 e. The number of likely N-dealkylation sites (tertiary alicyclic amines) is 1. The smallest absolute Gasteiger partial charge is 0.340 e. The molecule has 4 heterocycles. The van der Waals surface area contributed by atoms with E-state index in [1.807, 2.05) is 15.5 Å². The van der Waals surface area contributed by atoms with Crippen molar-refractivity contribution in [2.24, 2.45) is 5.92 Å². The Bertz CT molecular complexity index is 1360. The molecule has 2 aliphatic rings. The number of methoxy groups -OCH3 is 1. The molecular formula is C24H23ClN2O5. The van der Waals surface area contributed by atoms with Gasteiger partial charge >= 0.3 is 5.63 Å². The van der Waals surface area contributed by atoms with Crippen molar-refractivity contribution in [3.8, 4) is 5.75 Å². The molecular weight excluding hydrogens is 432 g/mol. The highest BCUT2D eigenvalue weighted by atomic mass is 35.5. The highest BCUT2D eigenvalue weighted by Crippen LogP contribution is 2.35. The number of rotatable bonds is 3. The number of ether oxygens (including phenoxy) is 1. The van der Waals surface area contributed by atoms with Crippen LogP contribution < -0.4 is 15.9 Å². The molecule has 8 heteroatoms. The summed E-state index contributed by atoms with van der Waals surface area (Å²) in [6.07, 6.45) is 0.930. The first-order chi connectivity index (χ1) is 15.4. The van der Waals surface area contributed by atoms with Crippen molar-refractivity contribution < 1.29 is 13.9 Å². The van der Waals surface area contributed by atoms with E-state index in [2.05, 4.69) is 0 Å². The topological polar surface area (TPSA) is 81.8 Å². The number of halogens is 1. The number of carbonyl (C=O) groups is 1. The van der Waals surface area contributed by atoms with Crippen molar-refractivity contribution in [3.05, 3.63) is 72.9 Å². The predicted octanol–water partition coefficient (Wildman–Crippen LogP) is 3.11. The minimum atomic E-state index is -0.526. The van der Waals surface area contributed by atoms with Gasteiger partial charge < -0.3 is 18.6 Å². The Morgan fingerprint density at radius 1 is 1.22 bits per heavy atom. The van der Waals surface area contributed by atoms with E-state index >= 15 is 0 Å². The van der Waals surface area contributed by atoms with E-state index in [9.17, 15) is 14.4 Å². The Morgan fingerprint density at radius 2 is 2.03 bits per heavy atom. The molecule has 0 saturated carbocycles. The molecule has 1 amide bonds. The number of benzene rings is 1. The molecule has 0 spiro atoms. The second kappa shape index (κ2) is 7.81. The molecule has 7 nitrogen and oxygen atoms in total. The quantitative estimate of drug-likeness (QED) is 0.568. The maximum atomic E-state index is 13.2. The minimum absolute atomic E-state index is 0.0108. The molecule has 0 aliphatic carbocycles. The van der Waals surface area contributed by atoms with Gasteiger partial charge in [-0.05, 0) is 37.0 Å². The van der Waals surface area contributed by atoms with Crippen LogP contribution in [-0.4, -0.2) is 35.6 Å². The van der Waals surface area contributed by atoms with Gasteiger partial charge in [-0.2, -0.15) is 0 Å². The summed E-state index contributed by atoms with van der Waals surface area (Å²) in [7, 11) is 1.49. The number of hydrogen-bond donors (Lipinski definition) is 0. The predicted molar refractivity (Wildman–Crippen MR) is 121 cm³/mol. The molecule has 32 heavy (non-hydrogen) atoms. The number of amides is 1. The molecule has 0 N–H and O–H groups in total. The van der Waals surface area contributed by atoms with Crippen LogP contribution in [0.25, 0.3) is 11.0 Å². The number of piperidine rings is 1. The van der Waals surface area contributed by atoms with Crippen LogP contribution in [0, 0.1) is 12.8 Å². The standard InChI is InChI=1S/C24H23ClN2O5/c1-13-16-7-18(25)21(31-2)9-20(16)32-24(30)17(13)8-23(29)26-10-14-6-15(12-26)19-4-3-5-22(28)27(19)11-14/h3-5,7,9,14-15H,6,8,10-12H2,1-2H3/t14-,15+/m1/s1. The zero-order valence-electron chi connectivity index (χ0n) is 17.9. The lowest BCUT2D eigenvalue weighted by molar-refractivity contribution is -0.133. The fourth-order valence-electron chi connectivity index (χ4n) is 5.11. The third-order valence-electron chi connectivity index (χ3n) is 6.72. The van der Waals surface area contributed by atoms with E-state index in [0.29, 0.717) is 52.5 Å². The second-order valence-corrected chi connectivity index (χ2v) is 9.06. The summed E-state index contributed by atoms with van der Waals surface area (Å²) in [4.78, 5) is 40.0. The number of pyridine rings is 1. The average molecular weight is 455 g/mol. The third-order valence-corrected chi connectivity index (χ3v) is 7.02. The van der Waals surface area contributed by atoms with Crippen molar-refractivity contribution >= 4 is 28.5 Å². The van der Waals surface area contributed by atoms with E-state index in [4.69, 9.17) is 20.8 Å². The van der Waals surface area contributed by atoms with Gasteiger partial charge in [-0.15, -0.1) is 0 Å². The summed E-state index contributed by atoms with van der Waals surface area (Å²) in [6, 6.07) is 8.61. The fourth-order valence-corrected chi connectivity index (χ4v) is 5.35. The Balaban J connectivity index is 1.43. The van der Waals surface area contributed by atoms with E-state index in [1.165, 1.54) is 7.11 Å². The van der Waals surface area contributed by atoms with Crippen LogP contribution >= 0.6 is 11.6 Å². The highest BCUT2D eigenvalue weighted by molar-refractivity contribution is 6.32. The van der Waals surface area contributed by atoms with Crippen LogP contribution in [0.1, 0.15) is 29.2 Å². The molecule has 1 saturated heterocycles. The Labute approximate surface area is 189 Å². The average Bonchev–Trinajstić information content (AvgIpc) is 2.77. The lowest BCUT2D eigenvalue weighted by Gasteiger charge is -2.42. The van der Waals surface area contributed by atoms with Crippen LogP contribution in [-0.2, 0) is 17.8 Å². The number of fused-ring (bicyclic) bond motifs is 5. The summed E-state index contributed by atoms with van der Waals surface area (Å²) in [5.74, 6) is 0.664. The number of aromatic nitrogens is 1. The van der Waals surface area contributed by atoms with E-state index in [-0.39, 0.29) is 29.7 Å². The van der Waals surface area contributed by atoms with E-state index in [0.717, 1.165) is 12.1 Å². The zero-order chi connectivity index (χ0) is 22.6. The van der Waals surface area contributed by atoms with Crippen molar-refractivity contribution in [1.82, 2.24) is 9.47 Å². The van der Waals surface area contributed by atoms with Crippen LogP contribution in [0.3, 0.4) is 0 Å². The first-order valence-electron chi connectivity index (χ1n) is 10.6. The first kappa shape index (κ1) is 20.8. The number of hydrogen-bond acceptors (Lipinski definition) is 5. The number of nitrogens with zero attached hydrogens (tertiary/aromatic N) is 2. The summed E-state index contributed by atoms with van der Waals surface area (Å²) in [6.45, 7) is 3.54. The summed E-state index contributed by atoms with van der Waals surface area (Å²) in [5.41, 5.74) is 1.87. The molecule has 0 radical (unpaired) electrons. The van der Waals surface area contributed by atoms with Gasteiger partial charge in [0, 0.05) is 48.8 Å². The van der Waals surface area contributed by atoms with Crippen molar-refractivity contribution in [2.45, 2.75) is 32.2 Å². The van der Waals surface area contributed by atoms with Gasteiger partial charge in [0.25, 0.3) is 5.56 Å². The zero-order valence-corrected chi connectivity index (χ0v) is 18.6. The molecule has 2 aliphatic heterocycles. The molecule has 0 unspecified atom stereocenters. The number of carbonyl (C=O) groups excluding carboxylic acids is 1. The molecule has 1 aromatic carbocycles. The normalized spacial score (nSPS) is 19.7. The Morgan fingerprint density at radius 3 is 2.81 bits per heavy atom. The molecule has 166 valence electrons. The van der Waals surface area contributed by atoms with Crippen molar-refractivity contribution in [3.63, 3.8) is 0 Å². The Hall–Kier alpha value is -3.06. The van der Waals surface area contributed by atoms with Crippen molar-refractivity contribution in [1.29, 1.82) is 0 Å².